The number of anilines is 1. The van der Waals surface area contributed by atoms with Crippen LogP contribution in [0, 0.1) is 27.7 Å². The topological polar surface area (TPSA) is 113 Å². The molecule has 1 amide bonds. The monoisotopic (exact) mass is 514 g/mol. The van der Waals surface area contributed by atoms with Crippen molar-refractivity contribution in [1.29, 1.82) is 0 Å². The Morgan fingerprint density at radius 1 is 0.886 bits per heavy atom. The SMILES string of the molecule is Cc1cc(S(=O)(=O)Nc2cccc(-c3cc(C)c(C(=O)NC(C)C(=O)O)c(C)c3)c2)c(C)cc1Cl. The molecule has 1 atom stereocenters. The van der Waals surface area contributed by atoms with Crippen molar-refractivity contribution in [2.75, 3.05) is 4.72 Å². The number of aryl methyl sites for hydroxylation is 4. The zero-order valence-electron chi connectivity index (χ0n) is 20.1. The molecule has 0 aliphatic rings. The van der Waals surface area contributed by atoms with Crippen LogP contribution in [0.2, 0.25) is 5.02 Å². The Morgan fingerprint density at radius 3 is 2.11 bits per heavy atom. The summed E-state index contributed by atoms with van der Waals surface area (Å²) < 4.78 is 28.7. The number of carbonyl (C=O) groups is 2. The fraction of sp³-hybridized carbons (Fsp3) is 0.231. The van der Waals surface area contributed by atoms with E-state index in [0.717, 1.165) is 11.1 Å². The van der Waals surface area contributed by atoms with Gasteiger partial charge in [0.1, 0.15) is 6.04 Å². The van der Waals surface area contributed by atoms with E-state index >= 15 is 0 Å². The molecule has 0 aliphatic heterocycles. The van der Waals surface area contributed by atoms with E-state index in [1.807, 2.05) is 18.2 Å². The van der Waals surface area contributed by atoms with Gasteiger partial charge in [-0.25, -0.2) is 8.42 Å². The molecule has 0 fully saturated rings. The lowest BCUT2D eigenvalue weighted by atomic mass is 9.95. The number of hydrogen-bond donors (Lipinski definition) is 3. The number of sulfonamides is 1. The predicted octanol–water partition coefficient (Wildman–Crippen LogP) is 5.24. The van der Waals surface area contributed by atoms with Gasteiger partial charge < -0.3 is 10.4 Å². The van der Waals surface area contributed by atoms with E-state index in [-0.39, 0.29) is 4.90 Å². The van der Waals surface area contributed by atoms with E-state index in [2.05, 4.69) is 10.0 Å². The summed E-state index contributed by atoms with van der Waals surface area (Å²) in [7, 11) is -3.84. The zero-order valence-corrected chi connectivity index (χ0v) is 21.6. The van der Waals surface area contributed by atoms with Crippen LogP contribution in [-0.2, 0) is 14.8 Å². The smallest absolute Gasteiger partial charge is 0.325 e. The first kappa shape index (κ1) is 26.2. The van der Waals surface area contributed by atoms with E-state index in [9.17, 15) is 18.0 Å². The molecule has 0 aliphatic carbocycles. The largest absolute Gasteiger partial charge is 0.480 e. The molecule has 3 rings (SSSR count). The predicted molar refractivity (Wildman–Crippen MR) is 138 cm³/mol. The summed E-state index contributed by atoms with van der Waals surface area (Å²) in [6.07, 6.45) is 0. The number of carboxylic acids is 1. The van der Waals surface area contributed by atoms with E-state index in [0.29, 0.717) is 38.5 Å². The molecule has 3 aromatic rings. The molecular formula is C26H27ClN2O5S. The highest BCUT2D eigenvalue weighted by Gasteiger charge is 2.21. The van der Waals surface area contributed by atoms with Crippen LogP contribution < -0.4 is 10.0 Å². The molecule has 3 N–H and O–H groups in total. The quantitative estimate of drug-likeness (QED) is 0.399. The van der Waals surface area contributed by atoms with Gasteiger partial charge in [-0.3, -0.25) is 14.3 Å². The molecule has 3 aromatic carbocycles. The number of amides is 1. The van der Waals surface area contributed by atoms with Gasteiger partial charge in [-0.1, -0.05) is 35.9 Å². The molecule has 0 bridgehead atoms. The van der Waals surface area contributed by atoms with Gasteiger partial charge in [0.15, 0.2) is 0 Å². The van der Waals surface area contributed by atoms with Crippen molar-refractivity contribution >= 4 is 39.2 Å². The van der Waals surface area contributed by atoms with Gasteiger partial charge in [-0.05, 0) is 92.3 Å². The summed E-state index contributed by atoms with van der Waals surface area (Å²) in [5.41, 5.74) is 4.91. The van der Waals surface area contributed by atoms with E-state index in [4.69, 9.17) is 16.7 Å². The minimum atomic E-state index is -3.84. The van der Waals surface area contributed by atoms with Crippen molar-refractivity contribution in [1.82, 2.24) is 5.32 Å². The molecule has 0 radical (unpaired) electrons. The van der Waals surface area contributed by atoms with Crippen LogP contribution in [0.3, 0.4) is 0 Å². The van der Waals surface area contributed by atoms with Gasteiger partial charge in [0, 0.05) is 16.3 Å². The highest BCUT2D eigenvalue weighted by Crippen LogP contribution is 2.30. The molecule has 1 unspecified atom stereocenters. The Morgan fingerprint density at radius 2 is 1.51 bits per heavy atom. The molecule has 35 heavy (non-hydrogen) atoms. The number of hydrogen-bond acceptors (Lipinski definition) is 4. The van der Waals surface area contributed by atoms with Gasteiger partial charge in [0.25, 0.3) is 15.9 Å². The van der Waals surface area contributed by atoms with Gasteiger partial charge >= 0.3 is 5.97 Å². The summed E-state index contributed by atoms with van der Waals surface area (Å²) >= 11 is 6.11. The van der Waals surface area contributed by atoms with Crippen LogP contribution in [-0.4, -0.2) is 31.4 Å². The van der Waals surface area contributed by atoms with Gasteiger partial charge in [0.2, 0.25) is 0 Å². The van der Waals surface area contributed by atoms with Crippen LogP contribution in [0.15, 0.2) is 53.4 Å². The van der Waals surface area contributed by atoms with Crippen molar-refractivity contribution in [3.05, 3.63) is 81.4 Å². The van der Waals surface area contributed by atoms with Crippen molar-refractivity contribution < 1.29 is 23.1 Å². The zero-order chi connectivity index (χ0) is 26.1. The first-order valence-electron chi connectivity index (χ1n) is 10.8. The lowest BCUT2D eigenvalue weighted by Gasteiger charge is -2.16. The van der Waals surface area contributed by atoms with Crippen LogP contribution in [0.5, 0.6) is 0 Å². The second kappa shape index (κ2) is 10.1. The lowest BCUT2D eigenvalue weighted by molar-refractivity contribution is -0.138. The third-order valence-electron chi connectivity index (χ3n) is 5.67. The minimum absolute atomic E-state index is 0.155. The highest BCUT2D eigenvalue weighted by atomic mass is 35.5. The maximum absolute atomic E-state index is 13.1. The number of carbonyl (C=O) groups excluding carboxylic acids is 1. The van der Waals surface area contributed by atoms with Crippen LogP contribution in [0.1, 0.15) is 39.5 Å². The number of benzene rings is 3. The number of aliphatic carboxylic acids is 1. The highest BCUT2D eigenvalue weighted by molar-refractivity contribution is 7.92. The first-order chi connectivity index (χ1) is 16.3. The number of nitrogens with one attached hydrogen (secondary N) is 2. The third kappa shape index (κ3) is 5.83. The molecule has 0 saturated carbocycles. The fourth-order valence-electron chi connectivity index (χ4n) is 3.84. The standard InChI is InChI=1S/C26H27ClN2O5S/c1-14-12-23(15(2)11-22(14)27)35(33,34)29-21-8-6-7-19(13-21)20-9-16(3)24(17(4)10-20)25(30)28-18(5)26(31)32/h6-13,18,29H,1-5H3,(H,28,30)(H,31,32). The molecule has 0 heterocycles. The summed E-state index contributed by atoms with van der Waals surface area (Å²) in [6, 6.07) is 12.8. The van der Waals surface area contributed by atoms with Crippen LogP contribution in [0.4, 0.5) is 5.69 Å². The summed E-state index contributed by atoms with van der Waals surface area (Å²) in [4.78, 5) is 23.8. The van der Waals surface area contributed by atoms with Crippen molar-refractivity contribution in [3.63, 3.8) is 0 Å². The molecule has 0 spiro atoms. The fourth-order valence-corrected chi connectivity index (χ4v) is 5.42. The average Bonchev–Trinajstić information content (AvgIpc) is 2.75. The van der Waals surface area contributed by atoms with Crippen LogP contribution in [0.25, 0.3) is 11.1 Å². The molecule has 7 nitrogen and oxygen atoms in total. The summed E-state index contributed by atoms with van der Waals surface area (Å²) in [5.74, 6) is -1.58. The number of carboxylic acid groups (broad SMARTS) is 1. The van der Waals surface area contributed by atoms with Gasteiger partial charge in [-0.15, -0.1) is 0 Å². The van der Waals surface area contributed by atoms with Gasteiger partial charge in [-0.2, -0.15) is 0 Å². The Bertz CT molecular complexity index is 1410. The average molecular weight is 515 g/mol. The first-order valence-corrected chi connectivity index (χ1v) is 12.7. The molecule has 184 valence electrons. The Hall–Kier alpha value is -3.36. The Kier molecular flexibility index (Phi) is 7.57. The lowest BCUT2D eigenvalue weighted by Crippen LogP contribution is -2.38. The minimum Gasteiger partial charge on any atom is -0.480 e. The maximum Gasteiger partial charge on any atom is 0.325 e. The van der Waals surface area contributed by atoms with Crippen molar-refractivity contribution in [3.8, 4) is 11.1 Å². The van der Waals surface area contributed by atoms with E-state index in [1.165, 1.54) is 6.92 Å². The van der Waals surface area contributed by atoms with Crippen LogP contribution >= 0.6 is 11.6 Å². The van der Waals surface area contributed by atoms with E-state index < -0.39 is 27.9 Å². The second-order valence-corrected chi connectivity index (χ2v) is 10.6. The number of halogens is 1. The number of rotatable bonds is 7. The summed E-state index contributed by atoms with van der Waals surface area (Å²) in [6.45, 7) is 8.39. The van der Waals surface area contributed by atoms with Gasteiger partial charge in [0.05, 0.1) is 4.90 Å². The Balaban J connectivity index is 1.92. The second-order valence-electron chi connectivity index (χ2n) is 8.57. The molecule has 9 heteroatoms. The maximum atomic E-state index is 13.1. The molecular weight excluding hydrogens is 488 g/mol. The molecule has 0 saturated heterocycles. The normalized spacial score (nSPS) is 12.2. The van der Waals surface area contributed by atoms with E-state index in [1.54, 1.807) is 58.0 Å². The third-order valence-corrected chi connectivity index (χ3v) is 7.60. The summed E-state index contributed by atoms with van der Waals surface area (Å²) in [5, 5.41) is 12.0. The molecule has 0 aromatic heterocycles. The van der Waals surface area contributed by atoms with Crippen molar-refractivity contribution in [2.24, 2.45) is 0 Å². The Labute approximate surface area is 210 Å². The van der Waals surface area contributed by atoms with Crippen molar-refractivity contribution in [2.45, 2.75) is 45.6 Å².